The number of ketones is 1. The van der Waals surface area contributed by atoms with Gasteiger partial charge in [0.25, 0.3) is 0 Å². The van der Waals surface area contributed by atoms with Crippen molar-refractivity contribution >= 4 is 5.78 Å². The van der Waals surface area contributed by atoms with E-state index < -0.39 is 12.1 Å². The van der Waals surface area contributed by atoms with Gasteiger partial charge in [-0.15, -0.1) is 0 Å². The number of carbonyl (C=O) groups is 1. The van der Waals surface area contributed by atoms with Crippen molar-refractivity contribution in [1.82, 2.24) is 0 Å². The second-order valence-electron chi connectivity index (χ2n) is 4.93. The molecule has 104 valence electrons. The van der Waals surface area contributed by atoms with Crippen molar-refractivity contribution in [2.75, 3.05) is 6.79 Å². The van der Waals surface area contributed by atoms with Crippen molar-refractivity contribution in [3.8, 4) is 11.5 Å². The van der Waals surface area contributed by atoms with Gasteiger partial charge in [-0.25, -0.2) is 0 Å². The molecule has 0 amide bonds. The van der Waals surface area contributed by atoms with E-state index in [1.54, 1.807) is 12.1 Å². The number of ether oxygens (including phenoxy) is 2. The van der Waals surface area contributed by atoms with Crippen LogP contribution < -0.4 is 9.47 Å². The lowest BCUT2D eigenvalue weighted by Crippen LogP contribution is -2.37. The van der Waals surface area contributed by atoms with Gasteiger partial charge in [-0.05, 0) is 29.6 Å². The summed E-state index contributed by atoms with van der Waals surface area (Å²) < 4.78 is 10.5. The zero-order valence-corrected chi connectivity index (χ0v) is 10.6. The van der Waals surface area contributed by atoms with E-state index in [0.29, 0.717) is 17.9 Å². The molecule has 3 rings (SSSR count). The van der Waals surface area contributed by atoms with Crippen LogP contribution in [0.15, 0.2) is 23.3 Å². The van der Waals surface area contributed by atoms with Crippen LogP contribution in [-0.4, -0.2) is 29.8 Å². The van der Waals surface area contributed by atoms with Crippen LogP contribution in [0.2, 0.25) is 0 Å². The predicted molar refractivity (Wildman–Crippen MR) is 68.5 cm³/mol. The number of fused-ring (bicyclic) bond motifs is 1. The van der Waals surface area contributed by atoms with E-state index in [0.717, 1.165) is 5.56 Å². The van der Waals surface area contributed by atoms with E-state index in [-0.39, 0.29) is 24.9 Å². The third kappa shape index (κ3) is 2.17. The van der Waals surface area contributed by atoms with Crippen molar-refractivity contribution in [2.45, 2.75) is 30.9 Å². The molecule has 1 aliphatic heterocycles. The monoisotopic (exact) mass is 275 g/mol. The van der Waals surface area contributed by atoms with Gasteiger partial charge >= 0.3 is 0 Å². The molecule has 20 heavy (non-hydrogen) atoms. The molecule has 1 heterocycles. The van der Waals surface area contributed by atoms with Crippen LogP contribution in [0.3, 0.4) is 0 Å². The highest BCUT2D eigenvalue weighted by Gasteiger charge is 2.36. The van der Waals surface area contributed by atoms with Gasteiger partial charge in [0.2, 0.25) is 6.79 Å². The third-order valence-corrected chi connectivity index (χ3v) is 3.67. The Morgan fingerprint density at radius 3 is 2.95 bits per heavy atom. The number of hydrogen-bond acceptors (Lipinski definition) is 5. The first-order valence-electron chi connectivity index (χ1n) is 6.33. The molecule has 2 aliphatic rings. The molecule has 0 unspecified atom stereocenters. The minimum absolute atomic E-state index is 0.0325. The second-order valence-corrected chi connectivity index (χ2v) is 4.93. The smallest absolute Gasteiger partial charge is 0.231 e. The largest absolute Gasteiger partial charge is 0.454 e. The fourth-order valence-corrected chi connectivity index (χ4v) is 2.75. The summed E-state index contributed by atoms with van der Waals surface area (Å²) in [5.74, 6) is 0.687. The van der Waals surface area contributed by atoms with E-state index in [1.807, 2.05) is 6.07 Å². The average Bonchev–Trinajstić information content (AvgIpc) is 2.88. The van der Waals surface area contributed by atoms with Gasteiger partial charge in [0.15, 0.2) is 11.5 Å². The van der Waals surface area contributed by atoms with Crippen LogP contribution in [0.1, 0.15) is 24.3 Å². The topological polar surface area (TPSA) is 105 Å². The van der Waals surface area contributed by atoms with Crippen molar-refractivity contribution in [2.24, 2.45) is 5.11 Å². The SMILES string of the molecule is [N-]=[N+]=N[C@H]1C(=O)C[C@@H](O)C[C@@H]1c1ccc2c(c1)OCO2. The molecule has 0 spiro atoms. The molecule has 1 aromatic rings. The van der Waals surface area contributed by atoms with E-state index in [9.17, 15) is 9.90 Å². The Morgan fingerprint density at radius 1 is 1.35 bits per heavy atom. The first-order valence-corrected chi connectivity index (χ1v) is 6.33. The van der Waals surface area contributed by atoms with Crippen LogP contribution in [-0.2, 0) is 4.79 Å². The van der Waals surface area contributed by atoms with Crippen molar-refractivity contribution in [1.29, 1.82) is 0 Å². The molecule has 1 aliphatic carbocycles. The molecule has 1 aromatic carbocycles. The zero-order chi connectivity index (χ0) is 14.1. The first kappa shape index (κ1) is 12.8. The van der Waals surface area contributed by atoms with E-state index in [1.165, 1.54) is 0 Å². The summed E-state index contributed by atoms with van der Waals surface area (Å²) in [6, 6.07) is 4.57. The van der Waals surface area contributed by atoms with E-state index >= 15 is 0 Å². The van der Waals surface area contributed by atoms with Gasteiger partial charge in [0.05, 0.1) is 6.10 Å². The Labute approximate surface area is 114 Å². The molecule has 0 bridgehead atoms. The van der Waals surface area contributed by atoms with Gasteiger partial charge in [0.1, 0.15) is 11.8 Å². The third-order valence-electron chi connectivity index (χ3n) is 3.67. The molecule has 0 radical (unpaired) electrons. The van der Waals surface area contributed by atoms with Crippen LogP contribution in [0.5, 0.6) is 11.5 Å². The van der Waals surface area contributed by atoms with Crippen LogP contribution in [0.4, 0.5) is 0 Å². The van der Waals surface area contributed by atoms with Crippen molar-refractivity contribution in [3.05, 3.63) is 34.2 Å². The Hall–Kier alpha value is -2.24. The summed E-state index contributed by atoms with van der Waals surface area (Å²) >= 11 is 0. The normalized spacial score (nSPS) is 28.1. The predicted octanol–water partition coefficient (Wildman–Crippen LogP) is 1.90. The lowest BCUT2D eigenvalue weighted by molar-refractivity contribution is -0.125. The Morgan fingerprint density at radius 2 is 2.15 bits per heavy atom. The fourth-order valence-electron chi connectivity index (χ4n) is 2.75. The van der Waals surface area contributed by atoms with E-state index in [4.69, 9.17) is 15.0 Å². The quantitative estimate of drug-likeness (QED) is 0.505. The highest BCUT2D eigenvalue weighted by molar-refractivity contribution is 5.86. The lowest BCUT2D eigenvalue weighted by atomic mass is 9.78. The standard InChI is InChI=1S/C13H13N3O4/c14-16-15-13-9(4-8(17)5-10(13)18)7-1-2-11-12(3-7)20-6-19-11/h1-3,8-9,13,17H,4-6H2/t8-,9+,13+/m0/s1. The molecule has 1 fully saturated rings. The van der Waals surface area contributed by atoms with Gasteiger partial charge < -0.3 is 14.6 Å². The minimum Gasteiger partial charge on any atom is -0.454 e. The summed E-state index contributed by atoms with van der Waals surface area (Å²) in [7, 11) is 0. The Kier molecular flexibility index (Phi) is 3.22. The number of carbonyl (C=O) groups excluding carboxylic acids is 1. The number of azide groups is 1. The van der Waals surface area contributed by atoms with Gasteiger partial charge in [-0.2, -0.15) is 0 Å². The summed E-state index contributed by atoms with van der Waals surface area (Å²) in [6.07, 6.45) is -0.289. The van der Waals surface area contributed by atoms with Crippen LogP contribution in [0.25, 0.3) is 10.4 Å². The maximum Gasteiger partial charge on any atom is 0.231 e. The number of Topliss-reactive ketones (excluding diaryl/α,β-unsaturated/α-hetero) is 1. The Balaban J connectivity index is 1.96. The van der Waals surface area contributed by atoms with Crippen LogP contribution >= 0.6 is 0 Å². The number of nitrogens with zero attached hydrogens (tertiary/aromatic N) is 3. The number of hydrogen-bond donors (Lipinski definition) is 1. The maximum atomic E-state index is 11.9. The Bertz CT molecular complexity index is 597. The maximum absolute atomic E-state index is 11.9. The molecule has 0 aromatic heterocycles. The van der Waals surface area contributed by atoms with Gasteiger partial charge in [0, 0.05) is 17.3 Å². The number of rotatable bonds is 2. The zero-order valence-electron chi connectivity index (χ0n) is 10.6. The van der Waals surface area contributed by atoms with Gasteiger partial charge in [-0.1, -0.05) is 11.2 Å². The number of benzene rings is 1. The summed E-state index contributed by atoms with van der Waals surface area (Å²) in [5, 5.41) is 13.4. The molecular weight excluding hydrogens is 262 g/mol. The lowest BCUT2D eigenvalue weighted by Gasteiger charge is -2.30. The van der Waals surface area contributed by atoms with Crippen molar-refractivity contribution < 1.29 is 19.4 Å². The summed E-state index contributed by atoms with van der Waals surface area (Å²) in [4.78, 5) is 14.7. The minimum atomic E-state index is -0.774. The van der Waals surface area contributed by atoms with Crippen molar-refractivity contribution in [3.63, 3.8) is 0 Å². The molecule has 7 heteroatoms. The highest BCUT2D eigenvalue weighted by Crippen LogP contribution is 2.39. The molecule has 3 atom stereocenters. The molecule has 7 nitrogen and oxygen atoms in total. The molecular formula is C13H13N3O4. The average molecular weight is 275 g/mol. The molecule has 1 N–H and O–H groups in total. The highest BCUT2D eigenvalue weighted by atomic mass is 16.7. The van der Waals surface area contributed by atoms with Crippen LogP contribution in [0, 0.1) is 0 Å². The summed E-state index contributed by atoms with van der Waals surface area (Å²) in [5.41, 5.74) is 9.43. The first-order chi connectivity index (χ1) is 9.69. The molecule has 1 saturated carbocycles. The summed E-state index contributed by atoms with van der Waals surface area (Å²) in [6.45, 7) is 0.171. The number of aliphatic hydroxyl groups is 1. The second kappa shape index (κ2) is 5.03. The molecule has 0 saturated heterocycles. The van der Waals surface area contributed by atoms with E-state index in [2.05, 4.69) is 10.0 Å². The fraction of sp³-hybridized carbons (Fsp3) is 0.462. The number of aliphatic hydroxyl groups excluding tert-OH is 1. The van der Waals surface area contributed by atoms with Gasteiger partial charge in [-0.3, -0.25) is 4.79 Å².